The molecule has 0 nitrogen and oxygen atoms in total. The zero-order valence-corrected chi connectivity index (χ0v) is 11.0. The van der Waals surface area contributed by atoms with Crippen molar-refractivity contribution in [3.05, 3.63) is 57.5 Å². The van der Waals surface area contributed by atoms with Crippen LogP contribution in [0, 0.1) is 0 Å². The predicted octanol–water partition coefficient (Wildman–Crippen LogP) is 4.77. The first kappa shape index (κ1) is 14.3. The number of halogens is 3. The Balaban J connectivity index is 0.000000246. The van der Waals surface area contributed by atoms with Gasteiger partial charge in [0.2, 0.25) is 0 Å². The van der Waals surface area contributed by atoms with E-state index in [2.05, 4.69) is 0 Å². The molecule has 0 aromatic heterocycles. The molecule has 0 aliphatic rings. The van der Waals surface area contributed by atoms with Crippen molar-refractivity contribution in [2.24, 2.45) is 0 Å². The largest absolute Gasteiger partial charge is 0.748 e. The van der Waals surface area contributed by atoms with Gasteiger partial charge in [0.25, 0.3) is 0 Å². The van der Waals surface area contributed by atoms with Gasteiger partial charge in [0, 0.05) is 21.7 Å². The third-order valence-electron chi connectivity index (χ3n) is 1.35. The Morgan fingerprint density at radius 2 is 1.43 bits per heavy atom. The van der Waals surface area contributed by atoms with Crippen molar-refractivity contribution in [1.29, 1.82) is 0 Å². The van der Waals surface area contributed by atoms with Crippen LogP contribution < -0.4 is 0 Å². The first-order valence-electron chi connectivity index (χ1n) is 3.64. The van der Waals surface area contributed by atoms with E-state index < -0.39 is 0 Å². The van der Waals surface area contributed by atoms with E-state index in [0.717, 1.165) is 0 Å². The molecule has 0 fully saturated rings. The van der Waals surface area contributed by atoms with Crippen LogP contribution in [0.3, 0.4) is 0 Å². The predicted molar refractivity (Wildman–Crippen MR) is 59.1 cm³/mol. The Morgan fingerprint density at radius 1 is 1.00 bits per heavy atom. The maximum absolute atomic E-state index is 5.53. The number of hydrogen-bond acceptors (Lipinski definition) is 0. The molecule has 78 valence electrons. The van der Waals surface area contributed by atoms with E-state index in [9.17, 15) is 0 Å². The Hall–Kier alpha value is 0.284. The van der Waals surface area contributed by atoms with Gasteiger partial charge in [0.05, 0.1) is 0 Å². The van der Waals surface area contributed by atoms with Gasteiger partial charge in [0.15, 0.2) is 0 Å². The summed E-state index contributed by atoms with van der Waals surface area (Å²) in [7, 11) is 0. The molecule has 0 heterocycles. The van der Waals surface area contributed by atoms with E-state index in [0.29, 0.717) is 15.1 Å². The van der Waals surface area contributed by atoms with Gasteiger partial charge in [-0.25, -0.2) is 0 Å². The van der Waals surface area contributed by atoms with Crippen LogP contribution in [0.1, 0.15) is 0 Å². The van der Waals surface area contributed by atoms with Crippen LogP contribution >= 0.6 is 34.8 Å². The van der Waals surface area contributed by atoms with Crippen molar-refractivity contribution < 1.29 is 21.7 Å². The average Bonchev–Trinajstić information content (AvgIpc) is 2.75. The molecule has 0 amide bonds. The van der Waals surface area contributed by atoms with Crippen LogP contribution in [0.5, 0.6) is 0 Å². The fraction of sp³-hybridized carbons (Fsp3) is 0. The van der Waals surface area contributed by atoms with Gasteiger partial charge in [-0.3, -0.25) is 0 Å². The number of rotatable bonds is 0. The Labute approximate surface area is 113 Å². The quantitative estimate of drug-likeness (QED) is 0.482. The summed E-state index contributed by atoms with van der Waals surface area (Å²) >= 11 is 16.6. The summed E-state index contributed by atoms with van der Waals surface area (Å²) in [6.45, 7) is 0. The van der Waals surface area contributed by atoms with E-state index in [1.54, 1.807) is 12.1 Å². The van der Waals surface area contributed by atoms with Crippen molar-refractivity contribution in [2.75, 3.05) is 0 Å². The Morgan fingerprint density at radius 3 is 1.57 bits per heavy atom. The van der Waals surface area contributed by atoms with Crippen LogP contribution in [0.25, 0.3) is 0 Å². The first-order chi connectivity index (χ1) is 6.22. The molecular formula is C10H7Cl3Ti-6. The maximum Gasteiger partial charge on any atom is 0 e. The van der Waals surface area contributed by atoms with Gasteiger partial charge in [-0.05, 0) is 5.02 Å². The van der Waals surface area contributed by atoms with Crippen LogP contribution in [-0.4, -0.2) is 0 Å². The molecular weight excluding hydrogens is 274 g/mol. The van der Waals surface area contributed by atoms with Gasteiger partial charge >= 0.3 is 0 Å². The van der Waals surface area contributed by atoms with Crippen molar-refractivity contribution in [3.63, 3.8) is 0 Å². The average molecular weight is 281 g/mol. The molecule has 0 saturated heterocycles. The molecule has 0 radical (unpaired) electrons. The van der Waals surface area contributed by atoms with E-state index >= 15 is 0 Å². The van der Waals surface area contributed by atoms with Crippen molar-refractivity contribution in [3.8, 4) is 0 Å². The molecule has 2 aromatic rings. The molecule has 4 heteroatoms. The molecule has 0 bridgehead atoms. The third kappa shape index (κ3) is 4.68. The summed E-state index contributed by atoms with van der Waals surface area (Å²) in [5, 5.41) is 1.46. The molecule has 0 N–H and O–H groups in total. The molecule has 0 aliphatic heterocycles. The van der Waals surface area contributed by atoms with Gasteiger partial charge in [-0.15, -0.1) is 11.6 Å². The fourth-order valence-corrected chi connectivity index (χ4v) is 1.23. The Kier molecular flexibility index (Phi) is 7.71. The SMILES string of the molecule is Clc1cc[c-](Cl)c1Cl.[Ti].[cH-]1[cH-][cH-][cH-][cH-]1. The summed E-state index contributed by atoms with van der Waals surface area (Å²) in [5.74, 6) is 0. The second kappa shape index (κ2) is 7.56. The summed E-state index contributed by atoms with van der Waals surface area (Å²) < 4.78 is 0. The fourth-order valence-electron chi connectivity index (χ4n) is 0.727. The van der Waals surface area contributed by atoms with Crippen LogP contribution in [0.15, 0.2) is 42.5 Å². The maximum atomic E-state index is 5.53. The third-order valence-corrected chi connectivity index (χ3v) is 2.58. The van der Waals surface area contributed by atoms with E-state index in [4.69, 9.17) is 34.8 Å². The van der Waals surface area contributed by atoms with Gasteiger partial charge in [0.1, 0.15) is 0 Å². The summed E-state index contributed by atoms with van der Waals surface area (Å²) in [6, 6.07) is 13.3. The van der Waals surface area contributed by atoms with Crippen LogP contribution in [0.4, 0.5) is 0 Å². The summed E-state index contributed by atoms with van der Waals surface area (Å²) in [4.78, 5) is 0. The molecule has 2 rings (SSSR count). The van der Waals surface area contributed by atoms with E-state index in [1.807, 2.05) is 30.3 Å². The standard InChI is InChI=1S/C5H2Cl3.C5H5.Ti/c6-3-1-2-4(7)5(3)8;1-2-4-5-3-1;/h1-2H;1-5H;/q-1;-5;. The summed E-state index contributed by atoms with van der Waals surface area (Å²) in [5.41, 5.74) is 0. The van der Waals surface area contributed by atoms with Gasteiger partial charge in [-0.2, -0.15) is 35.3 Å². The molecule has 2 aromatic carbocycles. The minimum Gasteiger partial charge on any atom is -0.748 e. The van der Waals surface area contributed by atoms with E-state index in [1.165, 1.54) is 0 Å². The minimum atomic E-state index is 0. The van der Waals surface area contributed by atoms with Crippen molar-refractivity contribution in [2.45, 2.75) is 0 Å². The first-order valence-corrected chi connectivity index (χ1v) is 4.78. The molecule has 14 heavy (non-hydrogen) atoms. The van der Waals surface area contributed by atoms with E-state index in [-0.39, 0.29) is 21.7 Å². The molecule has 0 saturated carbocycles. The Bertz CT molecular complexity index is 301. The van der Waals surface area contributed by atoms with Crippen molar-refractivity contribution >= 4 is 34.8 Å². The molecule has 0 aliphatic carbocycles. The molecule has 0 unspecified atom stereocenters. The van der Waals surface area contributed by atoms with Gasteiger partial charge in [-0.1, -0.05) is 10.0 Å². The van der Waals surface area contributed by atoms with Gasteiger partial charge < -0.3 is 30.3 Å². The monoisotopic (exact) mass is 280 g/mol. The normalized spacial score (nSPS) is 8.50. The minimum absolute atomic E-state index is 0. The second-order valence-electron chi connectivity index (χ2n) is 2.31. The molecule has 0 spiro atoms. The van der Waals surface area contributed by atoms with Crippen LogP contribution in [0.2, 0.25) is 15.1 Å². The smallest absolute Gasteiger partial charge is 0 e. The van der Waals surface area contributed by atoms with Crippen LogP contribution in [-0.2, 0) is 21.7 Å². The van der Waals surface area contributed by atoms with Crippen molar-refractivity contribution in [1.82, 2.24) is 0 Å². The zero-order valence-electron chi connectivity index (χ0n) is 7.18. The second-order valence-corrected chi connectivity index (χ2v) is 3.50. The summed E-state index contributed by atoms with van der Waals surface area (Å²) in [6.07, 6.45) is 0. The zero-order chi connectivity index (χ0) is 9.68. The number of hydrogen-bond donors (Lipinski definition) is 0. The molecule has 0 atom stereocenters. The topological polar surface area (TPSA) is 0 Å².